The van der Waals surface area contributed by atoms with Crippen molar-refractivity contribution in [3.63, 3.8) is 0 Å². The molecule has 0 aromatic heterocycles. The topological polar surface area (TPSA) is 72.6 Å². The Kier molecular flexibility index (Phi) is 6.34. The van der Waals surface area contributed by atoms with E-state index in [1.54, 1.807) is 24.1 Å². The zero-order valence-corrected chi connectivity index (χ0v) is 19.1. The van der Waals surface area contributed by atoms with Crippen molar-refractivity contribution in [1.82, 2.24) is 4.90 Å². The fraction of sp³-hybridized carbons (Fsp3) is 0.391. The molecule has 0 saturated carbocycles. The van der Waals surface area contributed by atoms with Gasteiger partial charge in [0.25, 0.3) is 0 Å². The molecule has 0 fully saturated rings. The van der Waals surface area contributed by atoms with E-state index in [0.717, 1.165) is 23.1 Å². The van der Waals surface area contributed by atoms with Crippen molar-refractivity contribution in [2.45, 2.75) is 51.2 Å². The molecule has 0 saturated heterocycles. The van der Waals surface area contributed by atoms with Crippen LogP contribution in [-0.4, -0.2) is 29.5 Å². The van der Waals surface area contributed by atoms with Crippen LogP contribution in [0, 0.1) is 0 Å². The SMILES string of the molecule is CN(C(=O)OC(C)(C)C)[C@H]1CC[C@@H](c2ccc(Cl)c(Cl)c2)c2cccc(C(N)=O)c21. The maximum absolute atomic E-state index is 12.7. The number of nitrogens with zero attached hydrogens (tertiary/aromatic N) is 1. The van der Waals surface area contributed by atoms with Gasteiger partial charge in [0.1, 0.15) is 5.60 Å². The maximum Gasteiger partial charge on any atom is 0.410 e. The second kappa shape index (κ2) is 8.48. The Morgan fingerprint density at radius 1 is 1.10 bits per heavy atom. The van der Waals surface area contributed by atoms with Gasteiger partial charge in [0.2, 0.25) is 5.91 Å². The Morgan fingerprint density at radius 3 is 2.40 bits per heavy atom. The molecule has 0 unspecified atom stereocenters. The van der Waals surface area contributed by atoms with Crippen molar-refractivity contribution in [2.24, 2.45) is 5.73 Å². The van der Waals surface area contributed by atoms with Crippen molar-refractivity contribution < 1.29 is 14.3 Å². The number of benzene rings is 2. The molecule has 0 heterocycles. The first-order chi connectivity index (χ1) is 14.0. The minimum atomic E-state index is -0.616. The van der Waals surface area contributed by atoms with Crippen LogP contribution in [0.4, 0.5) is 4.79 Å². The molecule has 2 amide bonds. The molecule has 5 nitrogen and oxygen atoms in total. The number of ether oxygens (including phenoxy) is 1. The van der Waals surface area contributed by atoms with Crippen LogP contribution in [0.2, 0.25) is 10.0 Å². The lowest BCUT2D eigenvalue weighted by Gasteiger charge is -2.38. The van der Waals surface area contributed by atoms with Crippen molar-refractivity contribution in [3.05, 3.63) is 68.7 Å². The summed E-state index contributed by atoms with van der Waals surface area (Å²) in [5.74, 6) is -0.512. The van der Waals surface area contributed by atoms with E-state index >= 15 is 0 Å². The number of fused-ring (bicyclic) bond motifs is 1. The van der Waals surface area contributed by atoms with E-state index < -0.39 is 17.6 Å². The summed E-state index contributed by atoms with van der Waals surface area (Å²) in [6.45, 7) is 5.47. The smallest absolute Gasteiger partial charge is 0.410 e. The van der Waals surface area contributed by atoms with Crippen LogP contribution in [0.5, 0.6) is 0 Å². The lowest BCUT2D eigenvalue weighted by atomic mass is 9.74. The van der Waals surface area contributed by atoms with Crippen LogP contribution in [-0.2, 0) is 4.74 Å². The van der Waals surface area contributed by atoms with Gasteiger partial charge in [0.05, 0.1) is 16.1 Å². The van der Waals surface area contributed by atoms with Gasteiger partial charge in [-0.1, -0.05) is 41.4 Å². The minimum absolute atomic E-state index is 0.0114. The highest BCUT2D eigenvalue weighted by atomic mass is 35.5. The first-order valence-corrected chi connectivity index (χ1v) is 10.6. The van der Waals surface area contributed by atoms with Gasteiger partial charge < -0.3 is 15.4 Å². The molecule has 30 heavy (non-hydrogen) atoms. The average molecular weight is 449 g/mol. The van der Waals surface area contributed by atoms with Gasteiger partial charge >= 0.3 is 6.09 Å². The van der Waals surface area contributed by atoms with Crippen molar-refractivity contribution in [3.8, 4) is 0 Å². The van der Waals surface area contributed by atoms with Crippen LogP contribution in [0.25, 0.3) is 0 Å². The molecule has 2 aromatic carbocycles. The van der Waals surface area contributed by atoms with E-state index in [2.05, 4.69) is 0 Å². The van der Waals surface area contributed by atoms with E-state index in [4.69, 9.17) is 33.7 Å². The number of rotatable bonds is 3. The Hall–Kier alpha value is -2.24. The average Bonchev–Trinajstić information content (AvgIpc) is 2.66. The van der Waals surface area contributed by atoms with E-state index in [1.807, 2.05) is 45.0 Å². The van der Waals surface area contributed by atoms with E-state index in [-0.39, 0.29) is 12.0 Å². The van der Waals surface area contributed by atoms with E-state index in [1.165, 1.54) is 0 Å². The Bertz CT molecular complexity index is 985. The molecule has 7 heteroatoms. The monoisotopic (exact) mass is 448 g/mol. The minimum Gasteiger partial charge on any atom is -0.444 e. The number of hydrogen-bond donors (Lipinski definition) is 1. The molecule has 2 N–H and O–H groups in total. The fourth-order valence-corrected chi connectivity index (χ4v) is 4.33. The third-order valence-corrected chi connectivity index (χ3v) is 6.08. The first-order valence-electron chi connectivity index (χ1n) is 9.83. The number of hydrogen-bond acceptors (Lipinski definition) is 3. The maximum atomic E-state index is 12.7. The second-order valence-corrected chi connectivity index (χ2v) is 9.40. The summed E-state index contributed by atoms with van der Waals surface area (Å²) in [5, 5.41) is 0.972. The molecule has 160 valence electrons. The summed E-state index contributed by atoms with van der Waals surface area (Å²) in [7, 11) is 1.69. The molecule has 1 aliphatic carbocycles. The molecule has 2 atom stereocenters. The van der Waals surface area contributed by atoms with Crippen molar-refractivity contribution in [2.75, 3.05) is 7.05 Å². The van der Waals surface area contributed by atoms with Crippen LogP contribution in [0.15, 0.2) is 36.4 Å². The van der Waals surface area contributed by atoms with Crippen LogP contribution in [0.3, 0.4) is 0 Å². The zero-order valence-electron chi connectivity index (χ0n) is 17.5. The summed E-state index contributed by atoms with van der Waals surface area (Å²) in [6.07, 6.45) is 0.980. The van der Waals surface area contributed by atoms with Crippen LogP contribution < -0.4 is 5.73 Å². The summed E-state index contributed by atoms with van der Waals surface area (Å²) in [4.78, 5) is 26.5. The molecule has 0 bridgehead atoms. The van der Waals surface area contributed by atoms with Gasteiger partial charge in [-0.05, 0) is 68.5 Å². The third-order valence-electron chi connectivity index (χ3n) is 5.34. The molecular weight excluding hydrogens is 423 g/mol. The van der Waals surface area contributed by atoms with Gasteiger partial charge in [0.15, 0.2) is 0 Å². The second-order valence-electron chi connectivity index (χ2n) is 8.58. The molecule has 2 aromatic rings. The highest BCUT2D eigenvalue weighted by molar-refractivity contribution is 6.42. The Labute approximate surface area is 187 Å². The van der Waals surface area contributed by atoms with Crippen molar-refractivity contribution in [1.29, 1.82) is 0 Å². The summed E-state index contributed by atoms with van der Waals surface area (Å²) >= 11 is 12.3. The van der Waals surface area contributed by atoms with E-state index in [0.29, 0.717) is 22.0 Å². The highest BCUT2D eigenvalue weighted by Crippen LogP contribution is 2.45. The standard InChI is InChI=1S/C23H26Cl2N2O3/c1-23(2,3)30-22(29)27(4)19-11-9-14(13-8-10-17(24)18(25)12-13)15-6-5-7-16(20(15)19)21(26)28/h5-8,10,12,14,19H,9,11H2,1-4H3,(H2,26,28)/t14-,19-/m0/s1. The first kappa shape index (κ1) is 22.4. The van der Waals surface area contributed by atoms with Crippen molar-refractivity contribution >= 4 is 35.2 Å². The van der Waals surface area contributed by atoms with Crippen LogP contribution >= 0.6 is 23.2 Å². The van der Waals surface area contributed by atoms with Gasteiger partial charge in [-0.15, -0.1) is 0 Å². The quantitative estimate of drug-likeness (QED) is 0.632. The predicted octanol–water partition coefficient (Wildman–Crippen LogP) is 5.93. The zero-order chi connectivity index (χ0) is 22.2. The Balaban J connectivity index is 2.08. The molecule has 0 aliphatic heterocycles. The molecule has 3 rings (SSSR count). The fourth-order valence-electron chi connectivity index (χ4n) is 4.02. The normalized spacial score (nSPS) is 18.5. The lowest BCUT2D eigenvalue weighted by Crippen LogP contribution is -2.39. The molecular formula is C23H26Cl2N2O3. The number of primary amides is 1. The number of amides is 2. The van der Waals surface area contributed by atoms with Gasteiger partial charge in [-0.2, -0.15) is 0 Å². The largest absolute Gasteiger partial charge is 0.444 e. The molecule has 0 spiro atoms. The lowest BCUT2D eigenvalue weighted by molar-refractivity contribution is 0.0201. The van der Waals surface area contributed by atoms with Crippen LogP contribution in [0.1, 0.15) is 72.6 Å². The number of nitrogens with two attached hydrogens (primary N) is 1. The molecule has 0 radical (unpaired) electrons. The van der Waals surface area contributed by atoms with Gasteiger partial charge in [-0.25, -0.2) is 4.79 Å². The summed E-state index contributed by atoms with van der Waals surface area (Å²) in [6, 6.07) is 10.7. The number of halogens is 2. The number of carbonyl (C=O) groups is 2. The summed E-state index contributed by atoms with van der Waals surface area (Å²) in [5.41, 5.74) is 8.22. The highest BCUT2D eigenvalue weighted by Gasteiger charge is 2.36. The van der Waals surface area contributed by atoms with Gasteiger partial charge in [-0.3, -0.25) is 4.79 Å². The predicted molar refractivity (Wildman–Crippen MR) is 119 cm³/mol. The third kappa shape index (κ3) is 4.57. The van der Waals surface area contributed by atoms with Gasteiger partial charge in [0, 0.05) is 18.5 Å². The number of carbonyl (C=O) groups excluding carboxylic acids is 2. The Morgan fingerprint density at radius 2 is 1.80 bits per heavy atom. The molecule has 1 aliphatic rings. The summed E-state index contributed by atoms with van der Waals surface area (Å²) < 4.78 is 5.55. The van der Waals surface area contributed by atoms with E-state index in [9.17, 15) is 9.59 Å².